The van der Waals surface area contributed by atoms with Crippen molar-refractivity contribution < 1.29 is 3.82 Å². The molecule has 0 amide bonds. The third-order valence-corrected chi connectivity index (χ3v) is 10.8. The van der Waals surface area contributed by atoms with Crippen LogP contribution >= 0.6 is 10.1 Å². The Morgan fingerprint density at radius 1 is 0.727 bits per heavy atom. The number of halogens is 1. The number of rotatable bonds is 2. The summed E-state index contributed by atoms with van der Waals surface area (Å²) in [5.41, 5.74) is 2.36. The summed E-state index contributed by atoms with van der Waals surface area (Å²) in [6, 6.07) is 28.9. The molecule has 1 aliphatic heterocycles. The molecule has 110 valence electrons. The molecule has 0 radical (unpaired) electrons. The van der Waals surface area contributed by atoms with Crippen molar-refractivity contribution in [1.82, 2.24) is 0 Å². The Morgan fingerprint density at radius 2 is 1.32 bits per heavy atom. The van der Waals surface area contributed by atoms with Gasteiger partial charge in [0, 0.05) is 0 Å². The van der Waals surface area contributed by atoms with Gasteiger partial charge in [0.2, 0.25) is 0 Å². The van der Waals surface area contributed by atoms with Gasteiger partial charge in [-0.2, -0.15) is 0 Å². The van der Waals surface area contributed by atoms with Crippen LogP contribution in [0.3, 0.4) is 0 Å². The van der Waals surface area contributed by atoms with E-state index in [-0.39, 0.29) is 6.10 Å². The molecular formula is C19H15ClOSe. The van der Waals surface area contributed by atoms with Crippen LogP contribution in [0.2, 0.25) is 0 Å². The molecule has 3 aromatic rings. The van der Waals surface area contributed by atoms with Crippen molar-refractivity contribution >= 4 is 31.3 Å². The molecule has 3 aromatic carbocycles. The minimum atomic E-state index is -2.87. The van der Waals surface area contributed by atoms with Gasteiger partial charge in [-0.05, 0) is 0 Å². The number of hydrogen-bond donors (Lipinski definition) is 0. The summed E-state index contributed by atoms with van der Waals surface area (Å²) in [7, 11) is 7.11. The molecule has 0 fully saturated rings. The van der Waals surface area contributed by atoms with E-state index in [2.05, 4.69) is 42.5 Å². The zero-order chi connectivity index (χ0) is 15.0. The fourth-order valence-electron chi connectivity index (χ4n) is 2.81. The molecule has 0 spiro atoms. The van der Waals surface area contributed by atoms with Crippen molar-refractivity contribution in [1.29, 1.82) is 0 Å². The monoisotopic (exact) mass is 374 g/mol. The molecule has 1 nitrogen and oxygen atoms in total. The SMILES string of the molecule is Cl[Se]1(c2ccccc2)OC(c2ccccc2)c2ccccc21. The molecule has 1 heterocycles. The maximum atomic E-state index is 7.11. The van der Waals surface area contributed by atoms with E-state index in [4.69, 9.17) is 13.9 Å². The number of benzene rings is 3. The summed E-state index contributed by atoms with van der Waals surface area (Å²) in [6.45, 7) is 0. The van der Waals surface area contributed by atoms with Crippen LogP contribution in [0.15, 0.2) is 84.9 Å². The van der Waals surface area contributed by atoms with Gasteiger partial charge < -0.3 is 0 Å². The van der Waals surface area contributed by atoms with E-state index in [1.54, 1.807) is 0 Å². The summed E-state index contributed by atoms with van der Waals surface area (Å²) >= 11 is -2.87. The topological polar surface area (TPSA) is 9.23 Å². The van der Waals surface area contributed by atoms with Gasteiger partial charge in [0.05, 0.1) is 0 Å². The predicted molar refractivity (Wildman–Crippen MR) is 93.1 cm³/mol. The van der Waals surface area contributed by atoms with Crippen LogP contribution in [0.5, 0.6) is 0 Å². The molecule has 0 bridgehead atoms. The van der Waals surface area contributed by atoms with Crippen molar-refractivity contribution in [3.05, 3.63) is 96.1 Å². The summed E-state index contributed by atoms with van der Waals surface area (Å²) in [6.07, 6.45) is -0.0740. The Hall–Kier alpha value is -1.57. The Bertz CT molecular complexity index is 791. The van der Waals surface area contributed by atoms with E-state index < -0.39 is 12.3 Å². The number of hydrogen-bond acceptors (Lipinski definition) is 1. The quantitative estimate of drug-likeness (QED) is 0.624. The van der Waals surface area contributed by atoms with Gasteiger partial charge in [0.1, 0.15) is 0 Å². The molecule has 0 N–H and O–H groups in total. The first-order valence-electron chi connectivity index (χ1n) is 7.19. The first-order chi connectivity index (χ1) is 10.8. The van der Waals surface area contributed by atoms with Crippen LogP contribution in [0.4, 0.5) is 0 Å². The van der Waals surface area contributed by atoms with E-state index in [0.29, 0.717) is 0 Å². The van der Waals surface area contributed by atoms with Gasteiger partial charge in [-0.3, -0.25) is 0 Å². The number of fused-ring (bicyclic) bond motifs is 1. The summed E-state index contributed by atoms with van der Waals surface area (Å²) in [5.74, 6) is 0. The van der Waals surface area contributed by atoms with Crippen LogP contribution in [0, 0.1) is 0 Å². The second-order valence-electron chi connectivity index (χ2n) is 5.22. The Balaban J connectivity index is 1.88. The Kier molecular flexibility index (Phi) is 3.56. The third kappa shape index (κ3) is 2.20. The van der Waals surface area contributed by atoms with E-state index >= 15 is 0 Å². The van der Waals surface area contributed by atoms with Crippen LogP contribution in [0.1, 0.15) is 17.2 Å². The zero-order valence-electron chi connectivity index (χ0n) is 11.9. The van der Waals surface area contributed by atoms with Gasteiger partial charge in [-0.1, -0.05) is 0 Å². The average molecular weight is 374 g/mol. The van der Waals surface area contributed by atoms with Gasteiger partial charge >= 0.3 is 137 Å². The van der Waals surface area contributed by atoms with E-state index in [1.165, 1.54) is 10.0 Å². The molecule has 22 heavy (non-hydrogen) atoms. The van der Waals surface area contributed by atoms with E-state index in [1.807, 2.05) is 42.5 Å². The van der Waals surface area contributed by atoms with Crippen molar-refractivity contribution in [2.45, 2.75) is 6.10 Å². The molecule has 0 saturated carbocycles. The van der Waals surface area contributed by atoms with Crippen molar-refractivity contribution in [3.63, 3.8) is 0 Å². The zero-order valence-corrected chi connectivity index (χ0v) is 14.3. The summed E-state index contributed by atoms with van der Waals surface area (Å²) < 4.78 is 8.81. The minimum absolute atomic E-state index is 0.0740. The van der Waals surface area contributed by atoms with Crippen LogP contribution in [-0.2, 0) is 3.82 Å². The van der Waals surface area contributed by atoms with Crippen LogP contribution in [-0.4, -0.2) is 12.3 Å². The molecule has 2 atom stereocenters. The first-order valence-corrected chi connectivity index (χ1v) is 11.9. The fraction of sp³-hybridized carbons (Fsp3) is 0.0526. The summed E-state index contributed by atoms with van der Waals surface area (Å²) in [5, 5.41) is 0. The van der Waals surface area contributed by atoms with Gasteiger partial charge in [0.25, 0.3) is 0 Å². The van der Waals surface area contributed by atoms with E-state index in [9.17, 15) is 0 Å². The Morgan fingerprint density at radius 3 is 2.05 bits per heavy atom. The molecule has 0 saturated heterocycles. The van der Waals surface area contributed by atoms with Crippen molar-refractivity contribution in [2.75, 3.05) is 0 Å². The predicted octanol–water partition coefficient (Wildman–Crippen LogP) is 3.60. The van der Waals surface area contributed by atoms with Crippen molar-refractivity contribution in [2.24, 2.45) is 0 Å². The molecule has 4 rings (SSSR count). The maximum absolute atomic E-state index is 7.11. The van der Waals surface area contributed by atoms with Crippen molar-refractivity contribution in [3.8, 4) is 0 Å². The van der Waals surface area contributed by atoms with Gasteiger partial charge in [-0.25, -0.2) is 0 Å². The van der Waals surface area contributed by atoms with Crippen LogP contribution in [0.25, 0.3) is 0 Å². The van der Waals surface area contributed by atoms with Crippen LogP contribution < -0.4 is 8.92 Å². The first kappa shape index (κ1) is 14.0. The molecule has 2 unspecified atom stereocenters. The third-order valence-electron chi connectivity index (χ3n) is 3.86. The standard InChI is InChI=1S/C19H15ClOSe/c20-22(16-11-5-2-6-12-16)18-14-8-7-13-17(18)19(21-22)15-9-3-1-4-10-15/h1-14,19H. The second-order valence-corrected chi connectivity index (χ2v) is 11.8. The molecular weight excluding hydrogens is 359 g/mol. The molecule has 0 aromatic heterocycles. The normalized spacial score (nSPS) is 26.1. The second kappa shape index (κ2) is 5.57. The van der Waals surface area contributed by atoms with Gasteiger partial charge in [0.15, 0.2) is 0 Å². The molecule has 3 heteroatoms. The average Bonchev–Trinajstić information content (AvgIpc) is 2.91. The molecule has 1 aliphatic rings. The Labute approximate surface area is 137 Å². The molecule has 0 aliphatic carbocycles. The summed E-state index contributed by atoms with van der Waals surface area (Å²) in [4.78, 5) is 0. The van der Waals surface area contributed by atoms with E-state index in [0.717, 1.165) is 10.0 Å². The van der Waals surface area contributed by atoms with Gasteiger partial charge in [-0.15, -0.1) is 0 Å². The fourth-order valence-corrected chi connectivity index (χ4v) is 9.05.